The molecule has 0 radical (unpaired) electrons. The van der Waals surface area contributed by atoms with Crippen molar-refractivity contribution in [1.82, 2.24) is 0 Å². The second-order valence-corrected chi connectivity index (χ2v) is 4.31. The molecule has 20 heavy (non-hydrogen) atoms. The van der Waals surface area contributed by atoms with Gasteiger partial charge in [-0.3, -0.25) is 0 Å². The van der Waals surface area contributed by atoms with Crippen LogP contribution in [0, 0.1) is 0 Å². The predicted molar refractivity (Wildman–Crippen MR) is 76.3 cm³/mol. The van der Waals surface area contributed by atoms with Crippen LogP contribution in [0.1, 0.15) is 19.4 Å². The lowest BCUT2D eigenvalue weighted by Gasteiger charge is -2.27. The van der Waals surface area contributed by atoms with Crippen molar-refractivity contribution in [3.05, 3.63) is 35.9 Å². The van der Waals surface area contributed by atoms with Crippen LogP contribution in [-0.4, -0.2) is 39.0 Å². The summed E-state index contributed by atoms with van der Waals surface area (Å²) in [6.45, 7) is 5.50. The number of ether oxygens (including phenoxy) is 3. The fourth-order valence-electron chi connectivity index (χ4n) is 1.75. The SMILES string of the molecule is CCOCCOCC(N)(C(=O)OCC)c1ccccc1. The van der Waals surface area contributed by atoms with Gasteiger partial charge in [0.2, 0.25) is 0 Å². The average molecular weight is 281 g/mol. The van der Waals surface area contributed by atoms with Gasteiger partial charge in [-0.1, -0.05) is 30.3 Å². The van der Waals surface area contributed by atoms with E-state index in [4.69, 9.17) is 19.9 Å². The molecule has 1 aromatic carbocycles. The Kier molecular flexibility index (Phi) is 7.22. The van der Waals surface area contributed by atoms with Gasteiger partial charge in [0.05, 0.1) is 26.4 Å². The number of hydrogen-bond acceptors (Lipinski definition) is 5. The van der Waals surface area contributed by atoms with Crippen molar-refractivity contribution in [2.75, 3.05) is 33.0 Å². The number of hydrogen-bond donors (Lipinski definition) is 1. The number of carbonyl (C=O) groups is 1. The zero-order valence-corrected chi connectivity index (χ0v) is 12.1. The van der Waals surface area contributed by atoms with Gasteiger partial charge in [-0.05, 0) is 19.4 Å². The highest BCUT2D eigenvalue weighted by molar-refractivity contribution is 5.82. The standard InChI is InChI=1S/C15H23NO4/c1-3-18-10-11-19-12-15(16,14(17)20-4-2)13-8-6-5-7-9-13/h5-9H,3-4,10-12,16H2,1-2H3. The van der Waals surface area contributed by atoms with E-state index in [9.17, 15) is 4.79 Å². The van der Waals surface area contributed by atoms with E-state index in [-0.39, 0.29) is 13.2 Å². The molecule has 5 heteroatoms. The van der Waals surface area contributed by atoms with Crippen LogP contribution >= 0.6 is 0 Å². The summed E-state index contributed by atoms with van der Waals surface area (Å²) < 4.78 is 15.7. The van der Waals surface area contributed by atoms with Crippen LogP contribution in [0.5, 0.6) is 0 Å². The van der Waals surface area contributed by atoms with E-state index in [2.05, 4.69) is 0 Å². The normalized spacial score (nSPS) is 13.8. The Morgan fingerprint density at radius 3 is 2.35 bits per heavy atom. The van der Waals surface area contributed by atoms with Crippen LogP contribution in [0.25, 0.3) is 0 Å². The highest BCUT2D eigenvalue weighted by Gasteiger charge is 2.38. The van der Waals surface area contributed by atoms with Crippen molar-refractivity contribution >= 4 is 5.97 Å². The third kappa shape index (κ3) is 4.59. The molecule has 0 amide bonds. The Labute approximate surface area is 120 Å². The van der Waals surface area contributed by atoms with Crippen molar-refractivity contribution in [2.45, 2.75) is 19.4 Å². The number of esters is 1. The first-order valence-electron chi connectivity index (χ1n) is 6.82. The maximum absolute atomic E-state index is 12.1. The van der Waals surface area contributed by atoms with Gasteiger partial charge in [0.1, 0.15) is 0 Å². The maximum atomic E-state index is 12.1. The summed E-state index contributed by atoms with van der Waals surface area (Å²) in [6.07, 6.45) is 0. The highest BCUT2D eigenvalue weighted by atomic mass is 16.5. The third-order valence-corrected chi connectivity index (χ3v) is 2.83. The van der Waals surface area contributed by atoms with Crippen molar-refractivity contribution in [3.8, 4) is 0 Å². The van der Waals surface area contributed by atoms with Crippen LogP contribution in [0.2, 0.25) is 0 Å². The molecular formula is C15H23NO4. The molecular weight excluding hydrogens is 258 g/mol. The summed E-state index contributed by atoms with van der Waals surface area (Å²) in [4.78, 5) is 12.1. The molecule has 0 aliphatic rings. The fourth-order valence-corrected chi connectivity index (χ4v) is 1.75. The van der Waals surface area contributed by atoms with Gasteiger partial charge < -0.3 is 19.9 Å². The summed E-state index contributed by atoms with van der Waals surface area (Å²) in [5.74, 6) is -0.484. The van der Waals surface area contributed by atoms with E-state index in [1.807, 2.05) is 25.1 Å². The Hall–Kier alpha value is -1.43. The number of carbonyl (C=O) groups excluding carboxylic acids is 1. The molecule has 0 aromatic heterocycles. The molecule has 0 heterocycles. The average Bonchev–Trinajstić information content (AvgIpc) is 2.48. The monoisotopic (exact) mass is 281 g/mol. The number of nitrogens with two attached hydrogens (primary N) is 1. The Balaban J connectivity index is 2.72. The topological polar surface area (TPSA) is 70.8 Å². The molecule has 112 valence electrons. The predicted octanol–water partition coefficient (Wildman–Crippen LogP) is 1.46. The Morgan fingerprint density at radius 2 is 1.75 bits per heavy atom. The van der Waals surface area contributed by atoms with Gasteiger partial charge in [0.15, 0.2) is 5.54 Å². The number of benzene rings is 1. The molecule has 1 aromatic rings. The molecule has 1 atom stereocenters. The highest BCUT2D eigenvalue weighted by Crippen LogP contribution is 2.20. The Morgan fingerprint density at radius 1 is 1.10 bits per heavy atom. The van der Waals surface area contributed by atoms with Gasteiger partial charge in [0.25, 0.3) is 0 Å². The van der Waals surface area contributed by atoms with Gasteiger partial charge in [-0.2, -0.15) is 0 Å². The first-order chi connectivity index (χ1) is 9.65. The Bertz CT molecular complexity index is 396. The molecule has 0 spiro atoms. The molecule has 0 saturated carbocycles. The van der Waals surface area contributed by atoms with Crippen LogP contribution < -0.4 is 5.73 Å². The van der Waals surface area contributed by atoms with Crippen molar-refractivity contribution in [3.63, 3.8) is 0 Å². The molecule has 0 fully saturated rings. The fraction of sp³-hybridized carbons (Fsp3) is 0.533. The van der Waals surface area contributed by atoms with Crippen LogP contribution in [-0.2, 0) is 24.5 Å². The quantitative estimate of drug-likeness (QED) is 0.548. The van der Waals surface area contributed by atoms with E-state index < -0.39 is 11.5 Å². The van der Waals surface area contributed by atoms with E-state index >= 15 is 0 Å². The van der Waals surface area contributed by atoms with Crippen molar-refractivity contribution < 1.29 is 19.0 Å². The van der Waals surface area contributed by atoms with Crippen LogP contribution in [0.15, 0.2) is 30.3 Å². The minimum atomic E-state index is -1.29. The summed E-state index contributed by atoms with van der Waals surface area (Å²) in [5, 5.41) is 0. The van der Waals surface area contributed by atoms with Crippen molar-refractivity contribution in [2.24, 2.45) is 5.73 Å². The molecule has 0 aliphatic carbocycles. The zero-order chi connectivity index (χ0) is 14.8. The molecule has 0 bridgehead atoms. The summed E-state index contributed by atoms with van der Waals surface area (Å²) in [6, 6.07) is 9.11. The molecule has 0 aliphatic heterocycles. The molecule has 1 unspecified atom stereocenters. The first-order valence-corrected chi connectivity index (χ1v) is 6.82. The minimum absolute atomic E-state index is 0.0585. The van der Waals surface area contributed by atoms with Crippen molar-refractivity contribution in [1.29, 1.82) is 0 Å². The molecule has 1 rings (SSSR count). The first kappa shape index (κ1) is 16.6. The second kappa shape index (κ2) is 8.68. The minimum Gasteiger partial charge on any atom is -0.464 e. The van der Waals surface area contributed by atoms with Gasteiger partial charge >= 0.3 is 5.97 Å². The van der Waals surface area contributed by atoms with Gasteiger partial charge in [-0.25, -0.2) is 4.79 Å². The molecule has 5 nitrogen and oxygen atoms in total. The molecule has 0 saturated heterocycles. The lowest BCUT2D eigenvalue weighted by Crippen LogP contribution is -2.50. The van der Waals surface area contributed by atoms with E-state index in [0.717, 1.165) is 0 Å². The van der Waals surface area contributed by atoms with E-state index in [1.165, 1.54) is 0 Å². The lowest BCUT2D eigenvalue weighted by atomic mass is 9.92. The van der Waals surface area contributed by atoms with E-state index in [1.54, 1.807) is 19.1 Å². The van der Waals surface area contributed by atoms with Gasteiger partial charge in [0, 0.05) is 6.61 Å². The smallest absolute Gasteiger partial charge is 0.333 e. The zero-order valence-electron chi connectivity index (χ0n) is 12.1. The van der Waals surface area contributed by atoms with Crippen LogP contribution in [0.3, 0.4) is 0 Å². The number of rotatable bonds is 9. The summed E-state index contributed by atoms with van der Waals surface area (Å²) in [7, 11) is 0. The molecule has 2 N–H and O–H groups in total. The largest absolute Gasteiger partial charge is 0.464 e. The lowest BCUT2D eigenvalue weighted by molar-refractivity contribution is -0.153. The maximum Gasteiger partial charge on any atom is 0.333 e. The van der Waals surface area contributed by atoms with E-state index in [0.29, 0.717) is 25.4 Å². The second-order valence-electron chi connectivity index (χ2n) is 4.31. The van der Waals surface area contributed by atoms with Gasteiger partial charge in [-0.15, -0.1) is 0 Å². The van der Waals surface area contributed by atoms with Crippen LogP contribution in [0.4, 0.5) is 0 Å². The summed E-state index contributed by atoms with van der Waals surface area (Å²) >= 11 is 0. The summed E-state index contributed by atoms with van der Waals surface area (Å²) in [5.41, 5.74) is 5.61. The third-order valence-electron chi connectivity index (χ3n) is 2.83.